The summed E-state index contributed by atoms with van der Waals surface area (Å²) in [6.45, 7) is 6.22. The van der Waals surface area contributed by atoms with Crippen molar-refractivity contribution in [1.82, 2.24) is 25.4 Å². The topological polar surface area (TPSA) is 71.8 Å². The first-order valence-corrected chi connectivity index (χ1v) is 5.12. The summed E-state index contributed by atoms with van der Waals surface area (Å²) in [4.78, 5) is 15.2. The lowest BCUT2D eigenvalue weighted by atomic mass is 10.5. The zero-order chi connectivity index (χ0) is 11.1. The number of nitrogens with zero attached hydrogens (tertiary/aromatic N) is 3. The van der Waals surface area contributed by atoms with E-state index >= 15 is 0 Å². The van der Waals surface area contributed by atoms with Crippen LogP contribution in [0.25, 0.3) is 0 Å². The second-order valence-electron chi connectivity index (χ2n) is 3.05. The molecule has 0 saturated carbocycles. The molecule has 0 spiro atoms. The number of hydrogen-bond acceptors (Lipinski definition) is 4. The Hall–Kier alpha value is -1.43. The van der Waals surface area contributed by atoms with E-state index in [4.69, 9.17) is 0 Å². The van der Waals surface area contributed by atoms with Crippen LogP contribution >= 0.6 is 0 Å². The van der Waals surface area contributed by atoms with Gasteiger partial charge < -0.3 is 10.6 Å². The average molecular weight is 211 g/mol. The van der Waals surface area contributed by atoms with Crippen LogP contribution in [0.1, 0.15) is 19.7 Å². The molecule has 1 heterocycles. The van der Waals surface area contributed by atoms with Gasteiger partial charge in [0, 0.05) is 13.1 Å². The number of hydrogen-bond donors (Lipinski definition) is 2. The maximum Gasteiger partial charge on any atom is 0.233 e. The lowest BCUT2D eigenvalue weighted by Crippen LogP contribution is -2.33. The summed E-state index contributed by atoms with van der Waals surface area (Å²) in [5, 5.41) is 9.76. The number of rotatable bonds is 6. The van der Waals surface area contributed by atoms with Crippen molar-refractivity contribution in [3.8, 4) is 0 Å². The molecule has 0 fully saturated rings. The molecule has 1 aromatic heterocycles. The Labute approximate surface area is 89.1 Å². The molecule has 0 atom stereocenters. The van der Waals surface area contributed by atoms with Gasteiger partial charge in [-0.1, -0.05) is 0 Å². The van der Waals surface area contributed by atoms with E-state index in [-0.39, 0.29) is 5.91 Å². The predicted molar refractivity (Wildman–Crippen MR) is 56.1 cm³/mol. The molecule has 0 aliphatic rings. The molecule has 0 radical (unpaired) electrons. The van der Waals surface area contributed by atoms with Crippen LogP contribution in [0.5, 0.6) is 0 Å². The Kier molecular flexibility index (Phi) is 4.76. The normalized spacial score (nSPS) is 10.3. The zero-order valence-electron chi connectivity index (χ0n) is 9.16. The molecule has 0 bridgehead atoms. The Morgan fingerprint density at radius 3 is 3.00 bits per heavy atom. The average Bonchev–Trinajstić information content (AvgIpc) is 2.66. The monoisotopic (exact) mass is 211 g/mol. The highest BCUT2D eigenvalue weighted by molar-refractivity contribution is 5.77. The first kappa shape index (κ1) is 11.6. The number of nitrogens with one attached hydrogen (secondary N) is 2. The van der Waals surface area contributed by atoms with E-state index in [1.807, 2.05) is 13.8 Å². The van der Waals surface area contributed by atoms with Crippen LogP contribution in [0.3, 0.4) is 0 Å². The number of aryl methyl sites for hydroxylation is 1. The summed E-state index contributed by atoms with van der Waals surface area (Å²) < 4.78 is 1.80. The largest absolute Gasteiger partial charge is 0.355 e. The Morgan fingerprint density at radius 1 is 1.53 bits per heavy atom. The highest BCUT2D eigenvalue weighted by Gasteiger charge is 2.03. The molecule has 15 heavy (non-hydrogen) atoms. The van der Waals surface area contributed by atoms with Crippen LogP contribution in [0.15, 0.2) is 6.33 Å². The molecule has 6 heteroatoms. The summed E-state index contributed by atoms with van der Waals surface area (Å²) in [6, 6.07) is 0. The van der Waals surface area contributed by atoms with Gasteiger partial charge in [0.15, 0.2) is 0 Å². The van der Waals surface area contributed by atoms with E-state index in [9.17, 15) is 4.79 Å². The summed E-state index contributed by atoms with van der Waals surface area (Å²) >= 11 is 0. The highest BCUT2D eigenvalue weighted by atomic mass is 16.1. The van der Waals surface area contributed by atoms with E-state index in [2.05, 4.69) is 20.7 Å². The van der Waals surface area contributed by atoms with Crippen molar-refractivity contribution in [2.75, 3.05) is 13.1 Å². The molecule has 2 N–H and O–H groups in total. The van der Waals surface area contributed by atoms with Crippen LogP contribution in [0.2, 0.25) is 0 Å². The van der Waals surface area contributed by atoms with E-state index < -0.39 is 0 Å². The van der Waals surface area contributed by atoms with Gasteiger partial charge in [0.1, 0.15) is 12.2 Å². The molecular weight excluding hydrogens is 194 g/mol. The van der Waals surface area contributed by atoms with Gasteiger partial charge in [0.05, 0.1) is 13.1 Å². The minimum Gasteiger partial charge on any atom is -0.355 e. The molecule has 0 aliphatic carbocycles. The maximum absolute atomic E-state index is 11.1. The van der Waals surface area contributed by atoms with Gasteiger partial charge in [-0.2, -0.15) is 5.10 Å². The molecule has 0 aromatic carbocycles. The van der Waals surface area contributed by atoms with Crippen molar-refractivity contribution in [2.24, 2.45) is 0 Å². The molecule has 0 saturated heterocycles. The third kappa shape index (κ3) is 3.67. The number of carbonyl (C=O) groups excluding carboxylic acids is 1. The van der Waals surface area contributed by atoms with Crippen LogP contribution in [0.4, 0.5) is 0 Å². The molecular formula is C9H17N5O. The van der Waals surface area contributed by atoms with E-state index in [0.717, 1.165) is 12.4 Å². The minimum atomic E-state index is 0.0000591. The second-order valence-corrected chi connectivity index (χ2v) is 3.05. The fourth-order valence-corrected chi connectivity index (χ4v) is 1.24. The molecule has 6 nitrogen and oxygen atoms in total. The third-order valence-corrected chi connectivity index (χ3v) is 1.94. The van der Waals surface area contributed by atoms with E-state index in [0.29, 0.717) is 19.6 Å². The van der Waals surface area contributed by atoms with Crippen molar-refractivity contribution in [2.45, 2.75) is 26.9 Å². The number of amides is 1. The summed E-state index contributed by atoms with van der Waals surface area (Å²) in [5.74, 6) is 0.849. The van der Waals surface area contributed by atoms with Crippen molar-refractivity contribution < 1.29 is 4.79 Å². The first-order valence-electron chi connectivity index (χ1n) is 5.12. The maximum atomic E-state index is 11.1. The van der Waals surface area contributed by atoms with Crippen molar-refractivity contribution in [1.29, 1.82) is 0 Å². The summed E-state index contributed by atoms with van der Waals surface area (Å²) in [7, 11) is 0. The summed E-state index contributed by atoms with van der Waals surface area (Å²) in [5.41, 5.74) is 0. The predicted octanol–water partition coefficient (Wildman–Crippen LogP) is -0.476. The van der Waals surface area contributed by atoms with Crippen LogP contribution in [-0.2, 0) is 17.9 Å². The lowest BCUT2D eigenvalue weighted by molar-refractivity contribution is -0.120. The van der Waals surface area contributed by atoms with Crippen molar-refractivity contribution in [3.05, 3.63) is 12.2 Å². The highest BCUT2D eigenvalue weighted by Crippen LogP contribution is 1.92. The lowest BCUT2D eigenvalue weighted by Gasteiger charge is -2.05. The van der Waals surface area contributed by atoms with Gasteiger partial charge in [0.25, 0.3) is 0 Å². The Bertz CT molecular complexity index is 309. The number of aromatic nitrogens is 3. The number of likely N-dealkylation sites (N-methyl/N-ethyl adjacent to an activating group) is 1. The van der Waals surface area contributed by atoms with Gasteiger partial charge in [-0.25, -0.2) is 9.67 Å². The van der Waals surface area contributed by atoms with Crippen molar-refractivity contribution >= 4 is 5.91 Å². The minimum absolute atomic E-state index is 0.0000591. The van der Waals surface area contributed by atoms with Gasteiger partial charge in [-0.3, -0.25) is 4.79 Å². The molecule has 1 amide bonds. The Balaban J connectivity index is 2.28. The van der Waals surface area contributed by atoms with E-state index in [1.54, 1.807) is 4.68 Å². The van der Waals surface area contributed by atoms with Gasteiger partial charge >= 0.3 is 0 Å². The van der Waals surface area contributed by atoms with E-state index in [1.165, 1.54) is 6.33 Å². The van der Waals surface area contributed by atoms with Gasteiger partial charge in [0.2, 0.25) is 5.91 Å². The smallest absolute Gasteiger partial charge is 0.233 e. The van der Waals surface area contributed by atoms with Gasteiger partial charge in [-0.15, -0.1) is 0 Å². The van der Waals surface area contributed by atoms with Gasteiger partial charge in [-0.05, 0) is 13.8 Å². The summed E-state index contributed by atoms with van der Waals surface area (Å²) in [6.07, 6.45) is 1.52. The fraction of sp³-hybridized carbons (Fsp3) is 0.667. The van der Waals surface area contributed by atoms with Crippen LogP contribution < -0.4 is 10.6 Å². The zero-order valence-corrected chi connectivity index (χ0v) is 9.16. The fourth-order valence-electron chi connectivity index (χ4n) is 1.24. The van der Waals surface area contributed by atoms with Crippen LogP contribution in [-0.4, -0.2) is 33.8 Å². The van der Waals surface area contributed by atoms with Crippen LogP contribution in [0, 0.1) is 0 Å². The number of carbonyl (C=O) groups is 1. The standard InChI is InChI=1S/C9H17N5O/c1-3-11-9(15)6-10-5-8-12-7-13-14(8)4-2/h7,10H,3-6H2,1-2H3,(H,11,15). The molecule has 1 rings (SSSR count). The molecule has 84 valence electrons. The first-order chi connectivity index (χ1) is 7.27. The quantitative estimate of drug-likeness (QED) is 0.667. The van der Waals surface area contributed by atoms with Crippen molar-refractivity contribution in [3.63, 3.8) is 0 Å². The second kappa shape index (κ2) is 6.13. The third-order valence-electron chi connectivity index (χ3n) is 1.94. The SMILES string of the molecule is CCNC(=O)CNCc1ncnn1CC. The molecule has 0 aliphatic heterocycles. The molecule has 1 aromatic rings. The molecule has 0 unspecified atom stereocenters. The Morgan fingerprint density at radius 2 is 2.33 bits per heavy atom.